The largest absolute Gasteiger partial charge is 0.409 e. The summed E-state index contributed by atoms with van der Waals surface area (Å²) in [5.41, 5.74) is 6.97. The zero-order valence-electron chi connectivity index (χ0n) is 10.6. The number of nitrogens with zero attached hydrogens (tertiary/aromatic N) is 2. The molecule has 0 aliphatic carbocycles. The summed E-state index contributed by atoms with van der Waals surface area (Å²) in [7, 11) is 0. The number of hydrogen-bond donors (Lipinski definition) is 3. The number of aromatic nitrogens is 1. The average Bonchev–Trinajstić information content (AvgIpc) is 2.37. The minimum atomic E-state index is -0.624. The van der Waals surface area contributed by atoms with Gasteiger partial charge in [-0.3, -0.25) is 9.78 Å². The van der Waals surface area contributed by atoms with E-state index in [9.17, 15) is 4.79 Å². The van der Waals surface area contributed by atoms with E-state index in [0.29, 0.717) is 12.1 Å². The number of amidine groups is 1. The zero-order valence-corrected chi connectivity index (χ0v) is 10.6. The Labute approximate surface area is 106 Å². The summed E-state index contributed by atoms with van der Waals surface area (Å²) in [6.45, 7) is 3.79. The average molecular weight is 250 g/mol. The van der Waals surface area contributed by atoms with Gasteiger partial charge in [0.1, 0.15) is 0 Å². The highest BCUT2D eigenvalue weighted by molar-refractivity contribution is 6.07. The molecule has 1 atom stereocenters. The van der Waals surface area contributed by atoms with Crippen LogP contribution in [0.5, 0.6) is 0 Å². The molecule has 18 heavy (non-hydrogen) atoms. The van der Waals surface area contributed by atoms with Gasteiger partial charge in [0.25, 0.3) is 0 Å². The van der Waals surface area contributed by atoms with Crippen LogP contribution in [0, 0.1) is 12.8 Å². The molecule has 4 N–H and O–H groups in total. The molecule has 1 unspecified atom stereocenters. The third-order valence-corrected chi connectivity index (χ3v) is 2.55. The number of aryl methyl sites for hydroxylation is 1. The van der Waals surface area contributed by atoms with Gasteiger partial charge in [0.2, 0.25) is 5.91 Å². The van der Waals surface area contributed by atoms with Crippen molar-refractivity contribution >= 4 is 17.4 Å². The second kappa shape index (κ2) is 6.58. The molecule has 0 aliphatic rings. The summed E-state index contributed by atoms with van der Waals surface area (Å²) in [6.07, 6.45) is 2.87. The van der Waals surface area contributed by atoms with Crippen LogP contribution in [0.2, 0.25) is 0 Å². The van der Waals surface area contributed by atoms with Crippen LogP contribution in [-0.4, -0.2) is 21.9 Å². The molecular formula is C12H18N4O2. The molecule has 1 aromatic heterocycles. The lowest BCUT2D eigenvalue weighted by atomic mass is 10.0. The molecule has 98 valence electrons. The van der Waals surface area contributed by atoms with Gasteiger partial charge in [-0.25, -0.2) is 0 Å². The maximum absolute atomic E-state index is 12.0. The van der Waals surface area contributed by atoms with Gasteiger partial charge in [-0.05, 0) is 25.5 Å². The highest BCUT2D eigenvalue weighted by atomic mass is 16.4. The Morgan fingerprint density at radius 1 is 1.61 bits per heavy atom. The highest BCUT2D eigenvalue weighted by Crippen LogP contribution is 2.12. The summed E-state index contributed by atoms with van der Waals surface area (Å²) >= 11 is 0. The number of oxime groups is 1. The lowest BCUT2D eigenvalue weighted by Gasteiger charge is -2.14. The van der Waals surface area contributed by atoms with Crippen molar-refractivity contribution in [3.8, 4) is 0 Å². The number of nitrogens with one attached hydrogen (secondary N) is 1. The maximum atomic E-state index is 12.0. The van der Waals surface area contributed by atoms with Crippen molar-refractivity contribution in [1.82, 2.24) is 4.98 Å². The van der Waals surface area contributed by atoms with Gasteiger partial charge in [0.15, 0.2) is 5.84 Å². The first-order valence-corrected chi connectivity index (χ1v) is 5.79. The number of hydrogen-bond acceptors (Lipinski definition) is 4. The normalized spacial score (nSPS) is 13.1. The Balaban J connectivity index is 2.75. The molecule has 1 heterocycles. The first-order valence-electron chi connectivity index (χ1n) is 5.79. The molecule has 0 aliphatic heterocycles. The van der Waals surface area contributed by atoms with Crippen LogP contribution >= 0.6 is 0 Å². The zero-order chi connectivity index (χ0) is 13.5. The third-order valence-electron chi connectivity index (χ3n) is 2.55. The van der Waals surface area contributed by atoms with Crippen molar-refractivity contribution in [1.29, 1.82) is 0 Å². The number of nitrogens with two attached hydrogens (primary N) is 1. The van der Waals surface area contributed by atoms with Gasteiger partial charge in [-0.1, -0.05) is 18.5 Å². The fourth-order valence-corrected chi connectivity index (χ4v) is 1.54. The Bertz CT molecular complexity index is 428. The van der Waals surface area contributed by atoms with E-state index in [2.05, 4.69) is 15.5 Å². The van der Waals surface area contributed by atoms with E-state index in [4.69, 9.17) is 10.9 Å². The van der Waals surface area contributed by atoms with Crippen LogP contribution in [0.25, 0.3) is 0 Å². The predicted octanol–water partition coefficient (Wildman–Crippen LogP) is 1.49. The van der Waals surface area contributed by atoms with Gasteiger partial charge < -0.3 is 16.3 Å². The molecule has 0 spiro atoms. The van der Waals surface area contributed by atoms with E-state index < -0.39 is 5.92 Å². The minimum absolute atomic E-state index is 0.0746. The molecule has 1 aromatic rings. The minimum Gasteiger partial charge on any atom is -0.409 e. The van der Waals surface area contributed by atoms with Crippen LogP contribution < -0.4 is 11.1 Å². The van der Waals surface area contributed by atoms with Gasteiger partial charge in [-0.2, -0.15) is 0 Å². The Morgan fingerprint density at radius 3 is 2.83 bits per heavy atom. The Morgan fingerprint density at radius 2 is 2.33 bits per heavy atom. The van der Waals surface area contributed by atoms with Crippen molar-refractivity contribution in [2.45, 2.75) is 26.7 Å². The van der Waals surface area contributed by atoms with Crippen LogP contribution in [0.4, 0.5) is 5.69 Å². The number of rotatable bonds is 5. The number of amides is 1. The molecule has 0 fully saturated rings. The fraction of sp³-hybridized carbons (Fsp3) is 0.417. The second-order valence-electron chi connectivity index (χ2n) is 4.04. The molecule has 0 saturated heterocycles. The summed E-state index contributed by atoms with van der Waals surface area (Å²) in [4.78, 5) is 16.1. The molecule has 0 radical (unpaired) electrons. The van der Waals surface area contributed by atoms with E-state index in [1.54, 1.807) is 18.3 Å². The number of carbonyl (C=O) groups is 1. The highest BCUT2D eigenvalue weighted by Gasteiger charge is 2.22. The van der Waals surface area contributed by atoms with Crippen LogP contribution in [0.15, 0.2) is 23.5 Å². The Hall–Kier alpha value is -2.11. The molecule has 1 rings (SSSR count). The predicted molar refractivity (Wildman–Crippen MR) is 69.4 cm³/mol. The SMILES string of the molecule is CCCC(C(=O)Nc1ccc(C)nc1)/C(N)=N/O. The van der Waals surface area contributed by atoms with Crippen molar-refractivity contribution < 1.29 is 10.0 Å². The smallest absolute Gasteiger partial charge is 0.235 e. The maximum Gasteiger partial charge on any atom is 0.235 e. The molecule has 6 heteroatoms. The quantitative estimate of drug-likeness (QED) is 0.319. The summed E-state index contributed by atoms with van der Waals surface area (Å²) < 4.78 is 0. The van der Waals surface area contributed by atoms with E-state index in [1.165, 1.54) is 0 Å². The van der Waals surface area contributed by atoms with E-state index in [1.807, 2.05) is 13.8 Å². The molecule has 0 aromatic carbocycles. The molecular weight excluding hydrogens is 232 g/mol. The van der Waals surface area contributed by atoms with E-state index in [0.717, 1.165) is 12.1 Å². The summed E-state index contributed by atoms with van der Waals surface area (Å²) in [5, 5.41) is 14.3. The van der Waals surface area contributed by atoms with Gasteiger partial charge >= 0.3 is 0 Å². The molecule has 1 amide bonds. The lowest BCUT2D eigenvalue weighted by Crippen LogP contribution is -2.34. The van der Waals surface area contributed by atoms with E-state index in [-0.39, 0.29) is 11.7 Å². The second-order valence-corrected chi connectivity index (χ2v) is 4.04. The van der Waals surface area contributed by atoms with Crippen molar-refractivity contribution in [3.63, 3.8) is 0 Å². The topological polar surface area (TPSA) is 101 Å². The van der Waals surface area contributed by atoms with Gasteiger partial charge in [0.05, 0.1) is 17.8 Å². The first kappa shape index (κ1) is 14.0. The molecule has 6 nitrogen and oxygen atoms in total. The molecule has 0 bridgehead atoms. The van der Waals surface area contributed by atoms with Crippen molar-refractivity contribution in [2.24, 2.45) is 16.8 Å². The summed E-state index contributed by atoms with van der Waals surface area (Å²) in [5.74, 6) is -0.992. The van der Waals surface area contributed by atoms with E-state index >= 15 is 0 Å². The number of anilines is 1. The van der Waals surface area contributed by atoms with Gasteiger partial charge in [0, 0.05) is 5.69 Å². The number of carbonyl (C=O) groups excluding carboxylic acids is 1. The van der Waals surface area contributed by atoms with Crippen molar-refractivity contribution in [3.05, 3.63) is 24.0 Å². The van der Waals surface area contributed by atoms with Crippen LogP contribution in [0.3, 0.4) is 0 Å². The van der Waals surface area contributed by atoms with Gasteiger partial charge in [-0.15, -0.1) is 0 Å². The number of pyridine rings is 1. The summed E-state index contributed by atoms with van der Waals surface area (Å²) in [6, 6.07) is 3.56. The Kier molecular flexibility index (Phi) is 5.10. The van der Waals surface area contributed by atoms with Crippen LogP contribution in [-0.2, 0) is 4.79 Å². The molecule has 0 saturated carbocycles. The monoisotopic (exact) mass is 250 g/mol. The van der Waals surface area contributed by atoms with Crippen molar-refractivity contribution in [2.75, 3.05) is 5.32 Å². The fourth-order valence-electron chi connectivity index (χ4n) is 1.54. The lowest BCUT2D eigenvalue weighted by molar-refractivity contribution is -0.118. The standard InChI is InChI=1S/C12H18N4O2/c1-3-4-10(11(13)16-18)12(17)15-9-6-5-8(2)14-7-9/h5-7,10,18H,3-4H2,1-2H3,(H2,13,16)(H,15,17). The first-order chi connectivity index (χ1) is 8.58. The van der Waals surface area contributed by atoms with Crippen LogP contribution in [0.1, 0.15) is 25.5 Å². The third kappa shape index (κ3) is 3.73.